The van der Waals surface area contributed by atoms with Gasteiger partial charge in [-0.25, -0.2) is 4.98 Å². The molecule has 156 valence electrons. The Morgan fingerprint density at radius 1 is 1.00 bits per heavy atom. The third kappa shape index (κ3) is 3.39. The highest BCUT2D eigenvalue weighted by Crippen LogP contribution is 2.34. The first-order chi connectivity index (χ1) is 15.6. The van der Waals surface area contributed by atoms with Gasteiger partial charge < -0.3 is 15.1 Å². The first-order valence-electron chi connectivity index (χ1n) is 9.86. The number of hydrogen-bond donors (Lipinski definition) is 4. The van der Waals surface area contributed by atoms with Crippen molar-refractivity contribution in [1.29, 1.82) is 10.8 Å². The molecule has 4 aromatic rings. The lowest BCUT2D eigenvalue weighted by atomic mass is 10.1. The number of fused-ring (bicyclic) bond motifs is 2. The number of benzene rings is 2. The molecule has 0 aliphatic carbocycles. The molecule has 8 heteroatoms. The van der Waals surface area contributed by atoms with E-state index in [9.17, 15) is 4.79 Å². The van der Waals surface area contributed by atoms with Crippen LogP contribution >= 0.6 is 0 Å². The minimum Gasteiger partial charge on any atom is -0.459 e. The number of pyridine rings is 1. The van der Waals surface area contributed by atoms with E-state index in [0.717, 1.165) is 5.69 Å². The van der Waals surface area contributed by atoms with Gasteiger partial charge in [0.2, 0.25) is 0 Å². The van der Waals surface area contributed by atoms with E-state index < -0.39 is 0 Å². The highest BCUT2D eigenvalue weighted by molar-refractivity contribution is 6.30. The van der Waals surface area contributed by atoms with Crippen molar-refractivity contribution < 1.29 is 9.21 Å². The van der Waals surface area contributed by atoms with Gasteiger partial charge in [-0.15, -0.1) is 0 Å². The number of nitrogens with zero attached hydrogens (tertiary/aromatic N) is 2. The summed E-state index contributed by atoms with van der Waals surface area (Å²) in [5.41, 5.74) is 3.18. The molecule has 1 aliphatic rings. The van der Waals surface area contributed by atoms with Crippen LogP contribution in [0.3, 0.4) is 0 Å². The molecule has 0 unspecified atom stereocenters. The number of anilines is 4. The maximum atomic E-state index is 12.2. The number of amides is 1. The molecule has 32 heavy (non-hydrogen) atoms. The molecule has 8 nitrogen and oxygen atoms in total. The topological polar surface area (TPSA) is 118 Å². The Balaban J connectivity index is 1.46. The molecular weight excluding hydrogens is 404 g/mol. The molecule has 3 heterocycles. The van der Waals surface area contributed by atoms with Gasteiger partial charge in [-0.2, -0.15) is 0 Å². The van der Waals surface area contributed by atoms with Gasteiger partial charge in [0.1, 0.15) is 11.7 Å². The van der Waals surface area contributed by atoms with Gasteiger partial charge in [-0.05, 0) is 60.7 Å². The zero-order valence-electron chi connectivity index (χ0n) is 16.8. The van der Waals surface area contributed by atoms with Crippen molar-refractivity contribution in [1.82, 2.24) is 4.98 Å². The molecule has 0 saturated carbocycles. The second kappa shape index (κ2) is 7.84. The summed E-state index contributed by atoms with van der Waals surface area (Å²) in [6.45, 7) is 0. The number of furan rings is 1. The predicted molar refractivity (Wildman–Crippen MR) is 123 cm³/mol. The van der Waals surface area contributed by atoms with E-state index in [1.54, 1.807) is 53.6 Å². The second-order valence-electron chi connectivity index (χ2n) is 7.08. The van der Waals surface area contributed by atoms with Crippen molar-refractivity contribution in [2.45, 2.75) is 0 Å². The average Bonchev–Trinajstić information content (AvgIpc) is 3.32. The average molecular weight is 422 g/mol. The molecule has 0 radical (unpaired) electrons. The van der Waals surface area contributed by atoms with Crippen LogP contribution in [0.5, 0.6) is 0 Å². The lowest BCUT2D eigenvalue weighted by Crippen LogP contribution is -2.36. The summed E-state index contributed by atoms with van der Waals surface area (Å²) in [5, 5.41) is 23.7. The molecule has 0 atom stereocenters. The Bertz CT molecular complexity index is 1330. The molecule has 0 bridgehead atoms. The quantitative estimate of drug-likeness (QED) is 0.278. The zero-order chi connectivity index (χ0) is 22.1. The van der Waals surface area contributed by atoms with Gasteiger partial charge in [0.25, 0.3) is 5.91 Å². The van der Waals surface area contributed by atoms with Gasteiger partial charge in [-0.3, -0.25) is 20.5 Å². The van der Waals surface area contributed by atoms with E-state index in [4.69, 9.17) is 15.2 Å². The van der Waals surface area contributed by atoms with Crippen LogP contribution in [0.1, 0.15) is 21.7 Å². The van der Waals surface area contributed by atoms with Crippen LogP contribution in [-0.2, 0) is 0 Å². The van der Waals surface area contributed by atoms with Crippen molar-refractivity contribution in [3.05, 3.63) is 102 Å². The monoisotopic (exact) mass is 422 g/mol. The van der Waals surface area contributed by atoms with E-state index >= 15 is 0 Å². The summed E-state index contributed by atoms with van der Waals surface area (Å²) in [6, 6.07) is 21.2. The van der Waals surface area contributed by atoms with Crippen molar-refractivity contribution in [2.75, 3.05) is 15.5 Å². The fraction of sp³-hybridized carbons (Fsp3) is 0. The maximum absolute atomic E-state index is 12.2. The normalized spacial score (nSPS) is 12.2. The van der Waals surface area contributed by atoms with Crippen LogP contribution < -0.4 is 15.5 Å². The van der Waals surface area contributed by atoms with Crippen LogP contribution in [0, 0.1) is 10.8 Å². The maximum Gasteiger partial charge on any atom is 0.291 e. The number of nitrogens with one attached hydrogen (secondary N) is 4. The molecule has 4 N–H and O–H groups in total. The molecule has 2 aromatic carbocycles. The molecular formula is C24H18N6O2. The number of carbonyl (C=O) groups is 1. The van der Waals surface area contributed by atoms with Gasteiger partial charge >= 0.3 is 0 Å². The third-order valence-corrected chi connectivity index (χ3v) is 5.07. The number of rotatable bonds is 3. The lowest BCUT2D eigenvalue weighted by molar-refractivity contribution is 0.0996. The van der Waals surface area contributed by atoms with Crippen molar-refractivity contribution in [3.8, 4) is 0 Å². The molecule has 0 spiro atoms. The summed E-state index contributed by atoms with van der Waals surface area (Å²) in [4.78, 5) is 18.1. The third-order valence-electron chi connectivity index (χ3n) is 5.07. The van der Waals surface area contributed by atoms with Gasteiger partial charge in [0.05, 0.1) is 17.6 Å². The van der Waals surface area contributed by atoms with Gasteiger partial charge in [0.15, 0.2) is 11.6 Å². The minimum atomic E-state index is -0.352. The van der Waals surface area contributed by atoms with E-state index in [0.29, 0.717) is 28.3 Å². The molecule has 5 rings (SSSR count). The number of para-hydroxylation sites is 1. The molecule has 0 saturated heterocycles. The Hall–Kier alpha value is -4.72. The van der Waals surface area contributed by atoms with Crippen LogP contribution in [0.25, 0.3) is 0 Å². The lowest BCUT2D eigenvalue weighted by Gasteiger charge is -2.25. The fourth-order valence-corrected chi connectivity index (χ4v) is 3.51. The Morgan fingerprint density at radius 2 is 1.81 bits per heavy atom. The summed E-state index contributed by atoms with van der Waals surface area (Å²) in [5.74, 6) is 0.714. The summed E-state index contributed by atoms with van der Waals surface area (Å²) >= 11 is 0. The molecule has 1 aliphatic heterocycles. The number of hydrogen-bond acceptors (Lipinski definition) is 6. The van der Waals surface area contributed by atoms with Crippen molar-refractivity contribution in [3.63, 3.8) is 0 Å². The Morgan fingerprint density at radius 3 is 2.59 bits per heavy atom. The van der Waals surface area contributed by atoms with Crippen molar-refractivity contribution >= 4 is 40.5 Å². The minimum absolute atomic E-state index is 0.117. The molecule has 2 aromatic heterocycles. The first kappa shape index (κ1) is 19.3. The summed E-state index contributed by atoms with van der Waals surface area (Å²) in [6.07, 6.45) is 3.11. The van der Waals surface area contributed by atoms with E-state index in [1.807, 2.05) is 30.3 Å². The summed E-state index contributed by atoms with van der Waals surface area (Å²) in [7, 11) is 0. The zero-order valence-corrected chi connectivity index (χ0v) is 16.8. The largest absolute Gasteiger partial charge is 0.459 e. The van der Waals surface area contributed by atoms with Crippen LogP contribution in [0.4, 0.5) is 22.9 Å². The van der Waals surface area contributed by atoms with E-state index in [-0.39, 0.29) is 23.3 Å². The van der Waals surface area contributed by atoms with Gasteiger partial charge in [-0.1, -0.05) is 12.1 Å². The SMILES string of the molecule is N=C(c1ccc(NC(=O)c2ccco2)cc1)N1C(=N)c2ccccc2Nc2ncccc21. The molecule has 0 fully saturated rings. The van der Waals surface area contributed by atoms with Crippen LogP contribution in [0.15, 0.2) is 89.7 Å². The number of amidine groups is 2. The fourth-order valence-electron chi connectivity index (χ4n) is 3.51. The predicted octanol–water partition coefficient (Wildman–Crippen LogP) is 4.84. The number of carbonyl (C=O) groups excluding carboxylic acids is 1. The first-order valence-corrected chi connectivity index (χ1v) is 9.86. The van der Waals surface area contributed by atoms with Crippen LogP contribution in [0.2, 0.25) is 0 Å². The molecule has 1 amide bonds. The van der Waals surface area contributed by atoms with Gasteiger partial charge in [0, 0.05) is 23.0 Å². The Kier molecular flexibility index (Phi) is 4.72. The Labute approximate surface area is 183 Å². The highest BCUT2D eigenvalue weighted by Gasteiger charge is 2.28. The summed E-state index contributed by atoms with van der Waals surface area (Å²) < 4.78 is 5.11. The van der Waals surface area contributed by atoms with Crippen LogP contribution in [-0.4, -0.2) is 22.6 Å². The standard InChI is InChI=1S/C24H18N6O2/c25-21(15-9-11-16(12-10-15)28-24(31)20-8-4-14-32-20)30-19-7-3-13-27-23(19)29-18-6-2-1-5-17(18)22(30)26/h1-14,25-26H,(H,27,29)(H,28,31). The second-order valence-corrected chi connectivity index (χ2v) is 7.08. The smallest absolute Gasteiger partial charge is 0.291 e. The van der Waals surface area contributed by atoms with Crippen molar-refractivity contribution in [2.24, 2.45) is 0 Å². The number of aromatic nitrogens is 1. The van der Waals surface area contributed by atoms with E-state index in [1.165, 1.54) is 6.26 Å². The van der Waals surface area contributed by atoms with E-state index in [2.05, 4.69) is 15.6 Å². The highest BCUT2D eigenvalue weighted by atomic mass is 16.3.